The monoisotopic (exact) mass is 324 g/mol. The van der Waals surface area contributed by atoms with Crippen LogP contribution in [0.25, 0.3) is 22.4 Å². The Morgan fingerprint density at radius 2 is 1.88 bits per heavy atom. The van der Waals surface area contributed by atoms with Gasteiger partial charge in [-0.3, -0.25) is 4.79 Å². The molecule has 7 heteroatoms. The molecule has 0 aliphatic carbocycles. The van der Waals surface area contributed by atoms with E-state index in [-0.39, 0.29) is 12.5 Å². The summed E-state index contributed by atoms with van der Waals surface area (Å²) < 4.78 is 4.43. The molecule has 1 aromatic heterocycles. The minimum Gasteiger partial charge on any atom is -0.453 e. The predicted molar refractivity (Wildman–Crippen MR) is 90.6 cm³/mol. The summed E-state index contributed by atoms with van der Waals surface area (Å²) in [5, 5.41) is 5.10. The van der Waals surface area contributed by atoms with Crippen LogP contribution in [0.4, 0.5) is 10.5 Å². The highest BCUT2D eigenvalue weighted by atomic mass is 16.5. The summed E-state index contributed by atoms with van der Waals surface area (Å²) in [6.07, 6.45) is -0.657. The minimum atomic E-state index is -0.657. The number of alkyl carbamates (subject to hydrolysis) is 1. The topological polar surface area (TPSA) is 96.1 Å². The number of nitrogens with one attached hydrogen (secondary N) is 3. The summed E-state index contributed by atoms with van der Waals surface area (Å²) in [5.74, 6) is 0.303. The van der Waals surface area contributed by atoms with Crippen LogP contribution in [0.1, 0.15) is 0 Å². The fraction of sp³-hybridized carbons (Fsp3) is 0.118. The lowest BCUT2D eigenvalue weighted by Crippen LogP contribution is -2.32. The van der Waals surface area contributed by atoms with Crippen molar-refractivity contribution in [2.24, 2.45) is 0 Å². The molecule has 3 rings (SSSR count). The summed E-state index contributed by atoms with van der Waals surface area (Å²) in [6, 6.07) is 15.0. The number of nitrogens with zero attached hydrogens (tertiary/aromatic N) is 1. The number of H-pyrrole nitrogens is 1. The summed E-state index contributed by atoms with van der Waals surface area (Å²) >= 11 is 0. The van der Waals surface area contributed by atoms with Gasteiger partial charge in [0.25, 0.3) is 0 Å². The van der Waals surface area contributed by atoms with Crippen LogP contribution in [-0.2, 0) is 9.53 Å². The average molecular weight is 324 g/mol. The smallest absolute Gasteiger partial charge is 0.407 e. The van der Waals surface area contributed by atoms with Crippen molar-refractivity contribution in [1.82, 2.24) is 15.3 Å². The standard InChI is InChI=1S/C17H16N4O3/c1-24-17(23)18-10-15(22)19-12-7-3-2-6-11(12)16-20-13-8-4-5-9-14(13)21-16/h2-9H,10H2,1H3,(H,18,23)(H,19,22)(H,20,21). The van der Waals surface area contributed by atoms with Gasteiger partial charge < -0.3 is 20.4 Å². The highest BCUT2D eigenvalue weighted by Gasteiger charge is 2.12. The first-order chi connectivity index (χ1) is 11.7. The predicted octanol–water partition coefficient (Wildman–Crippen LogP) is 2.52. The maximum absolute atomic E-state index is 12.0. The quantitative estimate of drug-likeness (QED) is 0.687. The summed E-state index contributed by atoms with van der Waals surface area (Å²) in [7, 11) is 1.24. The van der Waals surface area contributed by atoms with Crippen LogP contribution >= 0.6 is 0 Å². The molecule has 3 aromatic rings. The van der Waals surface area contributed by atoms with Crippen molar-refractivity contribution in [1.29, 1.82) is 0 Å². The van der Waals surface area contributed by atoms with Gasteiger partial charge in [0.2, 0.25) is 5.91 Å². The Hall–Kier alpha value is -3.35. The van der Waals surface area contributed by atoms with Gasteiger partial charge in [0.05, 0.1) is 23.8 Å². The number of aromatic nitrogens is 2. The van der Waals surface area contributed by atoms with E-state index in [2.05, 4.69) is 25.3 Å². The number of imidazole rings is 1. The molecule has 0 saturated heterocycles. The van der Waals surface area contributed by atoms with E-state index in [1.807, 2.05) is 42.5 Å². The lowest BCUT2D eigenvalue weighted by atomic mass is 10.1. The molecule has 0 bridgehead atoms. The van der Waals surface area contributed by atoms with E-state index in [9.17, 15) is 9.59 Å². The van der Waals surface area contributed by atoms with E-state index >= 15 is 0 Å². The number of rotatable bonds is 4. The van der Waals surface area contributed by atoms with Crippen LogP contribution in [0.5, 0.6) is 0 Å². The molecule has 0 fully saturated rings. The van der Waals surface area contributed by atoms with Crippen LogP contribution in [0.15, 0.2) is 48.5 Å². The zero-order valence-corrected chi connectivity index (χ0v) is 13.0. The second-order valence-corrected chi connectivity index (χ2v) is 5.04. The Bertz CT molecular complexity index is 855. The highest BCUT2D eigenvalue weighted by Crippen LogP contribution is 2.27. The number of para-hydroxylation sites is 3. The van der Waals surface area contributed by atoms with Gasteiger partial charge in [0.1, 0.15) is 12.4 Å². The third-order valence-corrected chi connectivity index (χ3v) is 3.42. The van der Waals surface area contributed by atoms with Crippen molar-refractivity contribution in [2.75, 3.05) is 19.0 Å². The highest BCUT2D eigenvalue weighted by molar-refractivity contribution is 5.97. The number of anilines is 1. The molecule has 2 amide bonds. The maximum Gasteiger partial charge on any atom is 0.407 e. The van der Waals surface area contributed by atoms with Gasteiger partial charge >= 0.3 is 6.09 Å². The second-order valence-electron chi connectivity index (χ2n) is 5.04. The number of hydrogen-bond donors (Lipinski definition) is 3. The number of methoxy groups -OCH3 is 1. The summed E-state index contributed by atoms with van der Waals surface area (Å²) in [5.41, 5.74) is 3.13. The van der Waals surface area contributed by atoms with E-state index in [1.165, 1.54) is 7.11 Å². The number of carbonyl (C=O) groups is 2. The first-order valence-electron chi connectivity index (χ1n) is 7.33. The van der Waals surface area contributed by atoms with Crippen LogP contribution in [0.2, 0.25) is 0 Å². The molecule has 0 aliphatic heterocycles. The van der Waals surface area contributed by atoms with E-state index in [0.717, 1.165) is 16.6 Å². The Morgan fingerprint density at radius 1 is 1.12 bits per heavy atom. The normalized spacial score (nSPS) is 10.4. The molecule has 3 N–H and O–H groups in total. The molecule has 0 atom stereocenters. The van der Waals surface area contributed by atoms with Crippen molar-refractivity contribution in [2.45, 2.75) is 0 Å². The molecular formula is C17H16N4O3. The fourth-order valence-corrected chi connectivity index (χ4v) is 2.30. The zero-order valence-electron chi connectivity index (χ0n) is 13.0. The number of hydrogen-bond acceptors (Lipinski definition) is 4. The van der Waals surface area contributed by atoms with Gasteiger partial charge in [-0.2, -0.15) is 0 Å². The molecule has 7 nitrogen and oxygen atoms in total. The Kier molecular flexibility index (Phi) is 4.42. The number of benzene rings is 2. The third kappa shape index (κ3) is 3.35. The number of aromatic amines is 1. The number of ether oxygens (including phenoxy) is 1. The molecule has 0 radical (unpaired) electrons. The number of fused-ring (bicyclic) bond motifs is 1. The molecular weight excluding hydrogens is 308 g/mol. The SMILES string of the molecule is COC(=O)NCC(=O)Nc1ccccc1-c1nc2ccccc2[nH]1. The first-order valence-corrected chi connectivity index (χ1v) is 7.33. The van der Waals surface area contributed by atoms with Gasteiger partial charge in [0, 0.05) is 5.56 Å². The summed E-state index contributed by atoms with van der Waals surface area (Å²) in [4.78, 5) is 30.8. The van der Waals surface area contributed by atoms with Crippen molar-refractivity contribution < 1.29 is 14.3 Å². The number of amides is 2. The maximum atomic E-state index is 12.0. The molecule has 0 saturated carbocycles. The van der Waals surface area contributed by atoms with Crippen LogP contribution in [0.3, 0.4) is 0 Å². The van der Waals surface area contributed by atoms with Gasteiger partial charge in [-0.15, -0.1) is 0 Å². The largest absolute Gasteiger partial charge is 0.453 e. The molecule has 122 valence electrons. The van der Waals surface area contributed by atoms with Gasteiger partial charge in [0.15, 0.2) is 0 Å². The molecule has 0 aliphatic rings. The Morgan fingerprint density at radius 3 is 2.67 bits per heavy atom. The second kappa shape index (κ2) is 6.82. The van der Waals surface area contributed by atoms with Gasteiger partial charge in [-0.25, -0.2) is 9.78 Å². The first kappa shape index (κ1) is 15.5. The number of carbonyl (C=O) groups excluding carboxylic acids is 2. The van der Waals surface area contributed by atoms with E-state index in [1.54, 1.807) is 6.07 Å². The molecule has 24 heavy (non-hydrogen) atoms. The zero-order chi connectivity index (χ0) is 16.9. The molecule has 1 heterocycles. The van der Waals surface area contributed by atoms with Crippen molar-refractivity contribution in [3.05, 3.63) is 48.5 Å². The van der Waals surface area contributed by atoms with E-state index in [0.29, 0.717) is 11.5 Å². The van der Waals surface area contributed by atoms with Gasteiger partial charge in [-0.1, -0.05) is 24.3 Å². The van der Waals surface area contributed by atoms with Crippen LogP contribution < -0.4 is 10.6 Å². The third-order valence-electron chi connectivity index (χ3n) is 3.42. The molecule has 0 spiro atoms. The van der Waals surface area contributed by atoms with E-state index < -0.39 is 6.09 Å². The molecule has 0 unspecified atom stereocenters. The molecule has 2 aromatic carbocycles. The lowest BCUT2D eigenvalue weighted by molar-refractivity contribution is -0.115. The van der Waals surface area contributed by atoms with Crippen molar-refractivity contribution in [3.8, 4) is 11.4 Å². The van der Waals surface area contributed by atoms with Crippen molar-refractivity contribution >= 4 is 28.7 Å². The Balaban J connectivity index is 1.82. The lowest BCUT2D eigenvalue weighted by Gasteiger charge is -2.09. The summed E-state index contributed by atoms with van der Waals surface area (Å²) in [6.45, 7) is -0.179. The minimum absolute atomic E-state index is 0.179. The fourth-order valence-electron chi connectivity index (χ4n) is 2.30. The van der Waals surface area contributed by atoms with Crippen LogP contribution in [-0.4, -0.2) is 35.6 Å². The van der Waals surface area contributed by atoms with E-state index in [4.69, 9.17) is 0 Å². The van der Waals surface area contributed by atoms with Gasteiger partial charge in [-0.05, 0) is 24.3 Å². The Labute approximate surface area is 138 Å². The van der Waals surface area contributed by atoms with Crippen molar-refractivity contribution in [3.63, 3.8) is 0 Å². The average Bonchev–Trinajstić information content (AvgIpc) is 3.04. The van der Waals surface area contributed by atoms with Crippen LogP contribution in [0, 0.1) is 0 Å².